The minimum absolute atomic E-state index is 0.502. The van der Waals surface area contributed by atoms with Crippen LogP contribution in [0.2, 0.25) is 0 Å². The standard InChI is InChI=1S/C46H29N3O2/c1-2-10-29(11-3-1)30-20-24-32(25-21-30)44-47-45(49-46(48-44)39-17-9-16-37-36-13-4-7-19-41(36)51-43(37)39)33-26-22-31(23-27-33)35-15-8-12-34-28-50-40-18-6-5-14-38(40)42(34)35/h1-27H,28H2/i28D2. The summed E-state index contributed by atoms with van der Waals surface area (Å²) in [5.74, 6) is 2.12. The Hall–Kier alpha value is -6.85. The van der Waals surface area contributed by atoms with Crippen LogP contribution in [0.5, 0.6) is 5.75 Å². The van der Waals surface area contributed by atoms with E-state index in [2.05, 4.69) is 48.5 Å². The molecule has 1 aliphatic rings. The van der Waals surface area contributed by atoms with E-state index < -0.39 is 6.56 Å². The van der Waals surface area contributed by atoms with Gasteiger partial charge in [0.15, 0.2) is 17.5 Å². The van der Waals surface area contributed by atoms with E-state index in [9.17, 15) is 0 Å². The van der Waals surface area contributed by atoms with Crippen molar-refractivity contribution >= 4 is 21.9 Å². The van der Waals surface area contributed by atoms with Gasteiger partial charge in [-0.1, -0.05) is 146 Å². The predicted octanol–water partition coefficient (Wildman–Crippen LogP) is 11.7. The molecule has 0 amide bonds. The van der Waals surface area contributed by atoms with Crippen LogP contribution in [0.3, 0.4) is 0 Å². The molecule has 3 heterocycles. The fourth-order valence-electron chi connectivity index (χ4n) is 6.96. The average molecular weight is 658 g/mol. The van der Waals surface area contributed by atoms with Gasteiger partial charge < -0.3 is 9.15 Å². The highest BCUT2D eigenvalue weighted by atomic mass is 16.5. The van der Waals surface area contributed by atoms with Gasteiger partial charge in [-0.2, -0.15) is 0 Å². The Bertz CT molecular complexity index is 2830. The van der Waals surface area contributed by atoms with Crippen LogP contribution in [0.15, 0.2) is 168 Å². The second-order valence-corrected chi connectivity index (χ2v) is 12.5. The molecule has 0 atom stereocenters. The lowest BCUT2D eigenvalue weighted by Crippen LogP contribution is -2.06. The number of furan rings is 1. The molecular formula is C46H29N3O2. The van der Waals surface area contributed by atoms with Crippen molar-refractivity contribution in [1.29, 1.82) is 0 Å². The van der Waals surface area contributed by atoms with Gasteiger partial charge in [0.05, 0.1) is 8.30 Å². The van der Waals surface area contributed by atoms with Gasteiger partial charge in [0.1, 0.15) is 23.5 Å². The van der Waals surface area contributed by atoms with E-state index in [0.717, 1.165) is 72.0 Å². The number of benzene rings is 7. The van der Waals surface area contributed by atoms with Gasteiger partial charge >= 0.3 is 0 Å². The van der Waals surface area contributed by atoms with Crippen LogP contribution in [0, 0.1) is 0 Å². The van der Waals surface area contributed by atoms with Crippen molar-refractivity contribution in [2.45, 2.75) is 6.56 Å². The number of aromatic nitrogens is 3. The fourth-order valence-corrected chi connectivity index (χ4v) is 6.96. The van der Waals surface area contributed by atoms with Gasteiger partial charge in [0, 0.05) is 27.5 Å². The quantitative estimate of drug-likeness (QED) is 0.184. The normalized spacial score (nSPS) is 13.6. The summed E-state index contributed by atoms with van der Waals surface area (Å²) in [5.41, 5.74) is 10.3. The molecular weight excluding hydrogens is 627 g/mol. The molecule has 10 rings (SSSR count). The van der Waals surface area contributed by atoms with E-state index >= 15 is 0 Å². The Balaban J connectivity index is 1.11. The van der Waals surface area contributed by atoms with Crippen LogP contribution >= 0.6 is 0 Å². The molecule has 0 fully saturated rings. The van der Waals surface area contributed by atoms with Crippen molar-refractivity contribution in [3.8, 4) is 73.3 Å². The van der Waals surface area contributed by atoms with Crippen molar-refractivity contribution in [2.24, 2.45) is 0 Å². The Morgan fingerprint density at radius 3 is 1.80 bits per heavy atom. The molecule has 5 nitrogen and oxygen atoms in total. The molecule has 0 aliphatic carbocycles. The molecule has 2 aromatic heterocycles. The number of rotatable bonds is 5. The number of para-hydroxylation sites is 3. The van der Waals surface area contributed by atoms with Crippen LogP contribution in [0.25, 0.3) is 89.5 Å². The summed E-state index contributed by atoms with van der Waals surface area (Å²) in [6, 6.07) is 54.1. The Labute approximate surface area is 297 Å². The summed E-state index contributed by atoms with van der Waals surface area (Å²) in [6.07, 6.45) is 0. The average Bonchev–Trinajstić information content (AvgIpc) is 3.60. The largest absolute Gasteiger partial charge is 0.488 e. The molecule has 0 bridgehead atoms. The third-order valence-electron chi connectivity index (χ3n) is 9.48. The van der Waals surface area contributed by atoms with Crippen LogP contribution < -0.4 is 4.74 Å². The molecule has 0 radical (unpaired) electrons. The van der Waals surface area contributed by atoms with Gasteiger partial charge in [-0.3, -0.25) is 0 Å². The smallest absolute Gasteiger partial charge is 0.167 e. The summed E-state index contributed by atoms with van der Waals surface area (Å²) in [7, 11) is 0. The maximum atomic E-state index is 8.68. The lowest BCUT2D eigenvalue weighted by atomic mass is 9.89. The topological polar surface area (TPSA) is 61.0 Å². The maximum absolute atomic E-state index is 8.68. The van der Waals surface area contributed by atoms with E-state index in [-0.39, 0.29) is 0 Å². The predicted molar refractivity (Wildman–Crippen MR) is 204 cm³/mol. The summed E-state index contributed by atoms with van der Waals surface area (Å²) >= 11 is 0. The van der Waals surface area contributed by atoms with Crippen molar-refractivity contribution in [2.75, 3.05) is 0 Å². The second-order valence-electron chi connectivity index (χ2n) is 12.5. The van der Waals surface area contributed by atoms with Crippen molar-refractivity contribution in [3.63, 3.8) is 0 Å². The summed E-state index contributed by atoms with van der Waals surface area (Å²) < 4.78 is 29.6. The third kappa shape index (κ3) is 5.06. The number of fused-ring (bicyclic) bond motifs is 6. The zero-order chi connectivity index (χ0) is 35.5. The summed E-state index contributed by atoms with van der Waals surface area (Å²) in [5, 5.41) is 2.04. The highest BCUT2D eigenvalue weighted by molar-refractivity contribution is 6.09. The highest BCUT2D eigenvalue weighted by Gasteiger charge is 2.21. The van der Waals surface area contributed by atoms with Gasteiger partial charge in [-0.25, -0.2) is 15.0 Å². The first kappa shape index (κ1) is 27.0. The first-order chi connectivity index (χ1) is 26.0. The van der Waals surface area contributed by atoms with Crippen LogP contribution in [0.4, 0.5) is 0 Å². The molecule has 0 saturated carbocycles. The third-order valence-corrected chi connectivity index (χ3v) is 9.48. The first-order valence-corrected chi connectivity index (χ1v) is 16.9. The lowest BCUT2D eigenvalue weighted by Gasteiger charge is -2.23. The Morgan fingerprint density at radius 1 is 0.431 bits per heavy atom. The van der Waals surface area contributed by atoms with Crippen molar-refractivity contribution in [1.82, 2.24) is 15.0 Å². The van der Waals surface area contributed by atoms with Crippen LogP contribution in [-0.4, -0.2) is 15.0 Å². The van der Waals surface area contributed by atoms with Gasteiger partial charge in [0.25, 0.3) is 0 Å². The SMILES string of the molecule is [2H]C1([2H])Oc2ccccc2-c2c(-c3ccc(-c4nc(-c5ccc(-c6ccccc6)cc5)nc(-c5cccc6c5oc5ccccc56)n4)cc3)cccc21. The number of nitrogens with zero attached hydrogens (tertiary/aromatic N) is 3. The zero-order valence-electron chi connectivity index (χ0n) is 29.2. The van der Waals surface area contributed by atoms with Gasteiger partial charge in [-0.15, -0.1) is 0 Å². The molecule has 9 aromatic rings. The second kappa shape index (κ2) is 11.9. The lowest BCUT2D eigenvalue weighted by molar-refractivity contribution is 0.302. The molecule has 51 heavy (non-hydrogen) atoms. The van der Waals surface area contributed by atoms with E-state index in [1.807, 2.05) is 109 Å². The van der Waals surface area contributed by atoms with E-state index in [1.165, 1.54) is 0 Å². The van der Waals surface area contributed by atoms with E-state index in [4.69, 9.17) is 26.8 Å². The van der Waals surface area contributed by atoms with E-state index in [0.29, 0.717) is 28.8 Å². The molecule has 0 unspecified atom stereocenters. The zero-order valence-corrected chi connectivity index (χ0v) is 27.2. The van der Waals surface area contributed by atoms with Crippen LogP contribution in [-0.2, 0) is 6.56 Å². The van der Waals surface area contributed by atoms with Gasteiger partial charge in [0.2, 0.25) is 0 Å². The van der Waals surface area contributed by atoms with Crippen LogP contribution in [0.1, 0.15) is 8.30 Å². The minimum Gasteiger partial charge on any atom is -0.488 e. The molecule has 5 heteroatoms. The Morgan fingerprint density at radius 2 is 1.00 bits per heavy atom. The molecule has 0 saturated heterocycles. The molecule has 7 aromatic carbocycles. The summed E-state index contributed by atoms with van der Waals surface area (Å²) in [4.78, 5) is 15.1. The summed E-state index contributed by atoms with van der Waals surface area (Å²) in [6.45, 7) is -1.96. The minimum atomic E-state index is -1.96. The molecule has 0 spiro atoms. The molecule has 0 N–H and O–H groups in total. The maximum Gasteiger partial charge on any atom is 0.167 e. The monoisotopic (exact) mass is 657 g/mol. The van der Waals surface area contributed by atoms with Crippen molar-refractivity contribution in [3.05, 3.63) is 169 Å². The number of hydrogen-bond acceptors (Lipinski definition) is 5. The molecule has 1 aliphatic heterocycles. The fraction of sp³-hybridized carbons (Fsp3) is 0.0217. The Kier molecular flexibility index (Phi) is 6.32. The number of hydrogen-bond donors (Lipinski definition) is 0. The van der Waals surface area contributed by atoms with Crippen molar-refractivity contribution < 1.29 is 11.9 Å². The first-order valence-electron chi connectivity index (χ1n) is 17.9. The van der Waals surface area contributed by atoms with Gasteiger partial charge in [-0.05, 0) is 51.6 Å². The molecule has 240 valence electrons. The highest BCUT2D eigenvalue weighted by Crippen LogP contribution is 2.43. The van der Waals surface area contributed by atoms with E-state index in [1.54, 1.807) is 6.07 Å². The number of ether oxygens (including phenoxy) is 1.